The van der Waals surface area contributed by atoms with Gasteiger partial charge in [-0.25, -0.2) is 4.79 Å². The summed E-state index contributed by atoms with van der Waals surface area (Å²) in [5.41, 5.74) is 2.18. The molecule has 1 saturated carbocycles. The van der Waals surface area contributed by atoms with Crippen LogP contribution in [-0.2, 0) is 17.6 Å². The van der Waals surface area contributed by atoms with Gasteiger partial charge in [0.15, 0.2) is 0 Å². The molecule has 1 fully saturated rings. The summed E-state index contributed by atoms with van der Waals surface area (Å²) in [6.45, 7) is 2.27. The molecule has 0 unspecified atom stereocenters. The molecule has 3 aromatic rings. The number of nitrogens with zero attached hydrogens (tertiary/aromatic N) is 1. The van der Waals surface area contributed by atoms with E-state index in [0.29, 0.717) is 24.4 Å². The van der Waals surface area contributed by atoms with Crippen LogP contribution in [-0.4, -0.2) is 42.1 Å². The first-order chi connectivity index (χ1) is 13.9. The predicted octanol–water partition coefficient (Wildman–Crippen LogP) is 3.47. The number of fused-ring (bicyclic) bond motifs is 1. The van der Waals surface area contributed by atoms with Crippen molar-refractivity contribution in [1.29, 1.82) is 0 Å². The number of carbonyl (C=O) groups excluding carboxylic acids is 1. The quantitative estimate of drug-likeness (QED) is 0.666. The van der Waals surface area contributed by atoms with Gasteiger partial charge in [0.2, 0.25) is 0 Å². The molecule has 1 aromatic carbocycles. The van der Waals surface area contributed by atoms with Crippen molar-refractivity contribution in [2.45, 2.75) is 38.1 Å². The van der Waals surface area contributed by atoms with Crippen molar-refractivity contribution in [2.24, 2.45) is 0 Å². The van der Waals surface area contributed by atoms with E-state index in [1.54, 1.807) is 26.0 Å². The molecule has 29 heavy (non-hydrogen) atoms. The molecule has 1 N–H and O–H groups in total. The molecular formula is C23H26N2O4. The van der Waals surface area contributed by atoms with E-state index in [2.05, 4.69) is 11.1 Å². The van der Waals surface area contributed by atoms with Crippen molar-refractivity contribution in [3.8, 4) is 0 Å². The van der Waals surface area contributed by atoms with E-state index in [9.17, 15) is 9.59 Å². The van der Waals surface area contributed by atoms with Crippen molar-refractivity contribution >= 4 is 16.8 Å². The Kier molecular flexibility index (Phi) is 5.04. The molecular weight excluding hydrogens is 368 g/mol. The number of H-pyrrole nitrogens is 1. The van der Waals surface area contributed by atoms with Gasteiger partial charge in [-0.05, 0) is 49.4 Å². The summed E-state index contributed by atoms with van der Waals surface area (Å²) in [5.74, 6) is 0.295. The van der Waals surface area contributed by atoms with Crippen LogP contribution in [0.25, 0.3) is 10.9 Å². The second-order valence-electron chi connectivity index (χ2n) is 7.94. The summed E-state index contributed by atoms with van der Waals surface area (Å²) in [5, 5.41) is 1.17. The summed E-state index contributed by atoms with van der Waals surface area (Å²) >= 11 is 0. The van der Waals surface area contributed by atoms with E-state index < -0.39 is 5.63 Å². The molecule has 1 aliphatic carbocycles. The molecule has 1 amide bonds. The van der Waals surface area contributed by atoms with Gasteiger partial charge in [0.25, 0.3) is 5.91 Å². The number of benzene rings is 1. The van der Waals surface area contributed by atoms with Crippen LogP contribution in [0.3, 0.4) is 0 Å². The normalized spacial score (nSPS) is 14.9. The van der Waals surface area contributed by atoms with E-state index in [4.69, 9.17) is 9.15 Å². The lowest BCUT2D eigenvalue weighted by Crippen LogP contribution is -2.43. The number of rotatable bonds is 7. The zero-order valence-corrected chi connectivity index (χ0v) is 17.1. The lowest BCUT2D eigenvalue weighted by Gasteiger charge is -2.27. The maximum atomic E-state index is 13.0. The topological polar surface area (TPSA) is 75.5 Å². The van der Waals surface area contributed by atoms with Crippen LogP contribution in [0.1, 0.15) is 40.1 Å². The Morgan fingerprint density at radius 1 is 1.28 bits per heavy atom. The average molecular weight is 394 g/mol. The molecule has 0 spiro atoms. The van der Waals surface area contributed by atoms with Crippen molar-refractivity contribution in [3.05, 3.63) is 69.4 Å². The molecule has 6 heteroatoms. The van der Waals surface area contributed by atoms with E-state index >= 15 is 0 Å². The molecule has 6 nitrogen and oxygen atoms in total. The zero-order valence-electron chi connectivity index (χ0n) is 17.1. The van der Waals surface area contributed by atoms with Crippen LogP contribution >= 0.6 is 0 Å². The van der Waals surface area contributed by atoms with Gasteiger partial charge in [0.1, 0.15) is 11.3 Å². The van der Waals surface area contributed by atoms with Gasteiger partial charge in [0, 0.05) is 37.7 Å². The number of methoxy groups -OCH3 is 1. The molecule has 2 aromatic heterocycles. The third-order valence-electron chi connectivity index (χ3n) is 5.99. The number of aromatic amines is 1. The molecule has 0 radical (unpaired) electrons. The van der Waals surface area contributed by atoms with Gasteiger partial charge in [-0.2, -0.15) is 0 Å². The van der Waals surface area contributed by atoms with Crippen LogP contribution < -0.4 is 5.63 Å². The van der Waals surface area contributed by atoms with Crippen LogP contribution in [0.4, 0.5) is 0 Å². The molecule has 0 saturated heterocycles. The van der Waals surface area contributed by atoms with E-state index in [-0.39, 0.29) is 17.0 Å². The Morgan fingerprint density at radius 3 is 2.72 bits per heavy atom. The lowest BCUT2D eigenvalue weighted by molar-refractivity contribution is 0.0546. The maximum Gasteiger partial charge on any atom is 0.349 e. The lowest BCUT2D eigenvalue weighted by atomic mass is 10.0. The Hall–Kier alpha value is -2.86. The fourth-order valence-corrected chi connectivity index (χ4v) is 4.02. The molecule has 4 rings (SSSR count). The summed E-state index contributed by atoms with van der Waals surface area (Å²) in [6.07, 6.45) is 5.10. The second kappa shape index (κ2) is 7.52. The first-order valence-electron chi connectivity index (χ1n) is 9.91. The van der Waals surface area contributed by atoms with Crippen LogP contribution in [0.15, 0.2) is 45.7 Å². The molecule has 0 atom stereocenters. The van der Waals surface area contributed by atoms with Gasteiger partial charge >= 0.3 is 5.63 Å². The summed E-state index contributed by atoms with van der Waals surface area (Å²) in [6, 6.07) is 9.94. The zero-order chi connectivity index (χ0) is 20.6. The van der Waals surface area contributed by atoms with Crippen LogP contribution in [0.5, 0.6) is 0 Å². The third-order valence-corrected chi connectivity index (χ3v) is 5.99. The molecule has 152 valence electrons. The average Bonchev–Trinajstić information content (AvgIpc) is 3.37. The first-order valence-corrected chi connectivity index (χ1v) is 9.91. The highest BCUT2D eigenvalue weighted by atomic mass is 16.5. The van der Waals surface area contributed by atoms with Crippen molar-refractivity contribution in [2.75, 3.05) is 20.8 Å². The largest absolute Gasteiger partial charge is 0.427 e. The minimum absolute atomic E-state index is 0.116. The maximum absolute atomic E-state index is 13.0. The molecule has 0 bridgehead atoms. The van der Waals surface area contributed by atoms with Crippen LogP contribution in [0, 0.1) is 6.92 Å². The molecule has 1 aliphatic rings. The van der Waals surface area contributed by atoms with Gasteiger partial charge in [0.05, 0.1) is 12.1 Å². The predicted molar refractivity (Wildman–Crippen MR) is 111 cm³/mol. The monoisotopic (exact) mass is 394 g/mol. The minimum Gasteiger partial charge on any atom is -0.427 e. The Labute approximate surface area is 169 Å². The second-order valence-corrected chi connectivity index (χ2v) is 7.94. The number of hydrogen-bond acceptors (Lipinski definition) is 4. The minimum atomic E-state index is -0.566. The van der Waals surface area contributed by atoms with Crippen molar-refractivity contribution in [3.63, 3.8) is 0 Å². The number of aryl methyl sites for hydroxylation is 3. The summed E-state index contributed by atoms with van der Waals surface area (Å²) < 4.78 is 10.8. The van der Waals surface area contributed by atoms with E-state index in [1.807, 2.05) is 30.5 Å². The third kappa shape index (κ3) is 3.60. The standard InChI is InChI=1S/C23H26N2O4/c1-15-12-17(9-8-16-13-24-19-7-5-4-6-18(16)19)29-22(27)20(15)21(26)25(2)23(10-11-23)14-28-3/h4-7,12-13,24H,8-11,14H2,1-3H3. The Morgan fingerprint density at radius 2 is 2.03 bits per heavy atom. The number of likely N-dealkylation sites (N-methyl/N-ethyl adjacent to an activating group) is 1. The van der Waals surface area contributed by atoms with Gasteiger partial charge < -0.3 is 19.0 Å². The highest BCUT2D eigenvalue weighted by Crippen LogP contribution is 2.41. The number of para-hydroxylation sites is 1. The van der Waals surface area contributed by atoms with Gasteiger partial charge in [-0.1, -0.05) is 18.2 Å². The SMILES string of the molecule is COCC1(N(C)C(=O)c2c(C)cc(CCc3c[nH]c4ccccc34)oc2=O)CC1. The van der Waals surface area contributed by atoms with E-state index in [1.165, 1.54) is 10.9 Å². The smallest absolute Gasteiger partial charge is 0.349 e. The van der Waals surface area contributed by atoms with Gasteiger partial charge in [-0.15, -0.1) is 0 Å². The highest BCUT2D eigenvalue weighted by Gasteiger charge is 2.49. The summed E-state index contributed by atoms with van der Waals surface area (Å²) in [7, 11) is 3.36. The number of aromatic nitrogens is 1. The highest BCUT2D eigenvalue weighted by molar-refractivity contribution is 5.95. The molecule has 2 heterocycles. The van der Waals surface area contributed by atoms with Crippen molar-refractivity contribution in [1.82, 2.24) is 9.88 Å². The van der Waals surface area contributed by atoms with Crippen LogP contribution in [0.2, 0.25) is 0 Å². The van der Waals surface area contributed by atoms with Gasteiger partial charge in [-0.3, -0.25) is 4.79 Å². The number of carbonyl (C=O) groups is 1. The van der Waals surface area contributed by atoms with E-state index in [0.717, 1.165) is 24.8 Å². The number of amides is 1. The number of hydrogen-bond donors (Lipinski definition) is 1. The van der Waals surface area contributed by atoms with Crippen molar-refractivity contribution < 1.29 is 13.9 Å². The molecule has 0 aliphatic heterocycles. The number of ether oxygens (including phenoxy) is 1. The summed E-state index contributed by atoms with van der Waals surface area (Å²) in [4.78, 5) is 30.5. The first kappa shape index (κ1) is 19.5. The Bertz CT molecular complexity index is 1110. The fraction of sp³-hybridized carbons (Fsp3) is 0.391. The number of nitrogens with one attached hydrogen (secondary N) is 1. The fourth-order valence-electron chi connectivity index (χ4n) is 4.02. The Balaban J connectivity index is 1.53.